The third kappa shape index (κ3) is 7.37. The van der Waals surface area contributed by atoms with E-state index < -0.39 is 18.2 Å². The van der Waals surface area contributed by atoms with E-state index in [0.717, 1.165) is 28.7 Å². The Morgan fingerprint density at radius 2 is 1.76 bits per heavy atom. The van der Waals surface area contributed by atoms with Gasteiger partial charge in [0.15, 0.2) is 10.6 Å². The van der Waals surface area contributed by atoms with Crippen molar-refractivity contribution >= 4 is 23.2 Å². The Hall–Kier alpha value is -5.04. The number of nitrogens with zero attached hydrogens (tertiary/aromatic N) is 5. The maximum atomic E-state index is 15.0. The van der Waals surface area contributed by atoms with Crippen LogP contribution < -0.4 is 14.9 Å². The van der Waals surface area contributed by atoms with Crippen molar-refractivity contribution in [3.05, 3.63) is 112 Å². The number of hydrogen-bond donors (Lipinski definition) is 1. The minimum absolute atomic E-state index is 0.210. The molecule has 0 fully saturated rings. The van der Waals surface area contributed by atoms with Gasteiger partial charge in [0.2, 0.25) is 0 Å². The van der Waals surface area contributed by atoms with Gasteiger partial charge in [0, 0.05) is 28.4 Å². The third-order valence-electron chi connectivity index (χ3n) is 6.76. The summed E-state index contributed by atoms with van der Waals surface area (Å²) in [6.45, 7) is 8.22. The van der Waals surface area contributed by atoms with E-state index in [-0.39, 0.29) is 17.2 Å². The molecular weight excluding hydrogens is 608 g/mol. The van der Waals surface area contributed by atoms with Crippen molar-refractivity contribution in [2.75, 3.05) is 0 Å². The average molecular weight is 637 g/mol. The van der Waals surface area contributed by atoms with E-state index in [9.17, 15) is 22.4 Å². The van der Waals surface area contributed by atoms with Crippen LogP contribution in [-0.2, 0) is 0 Å². The van der Waals surface area contributed by atoms with E-state index in [2.05, 4.69) is 52.0 Å². The van der Waals surface area contributed by atoms with Crippen molar-refractivity contribution in [3.63, 3.8) is 0 Å². The lowest BCUT2D eigenvalue weighted by Gasteiger charge is -2.17. The van der Waals surface area contributed by atoms with E-state index in [1.165, 1.54) is 58.7 Å². The fourth-order valence-electron chi connectivity index (χ4n) is 4.80. The highest BCUT2D eigenvalue weighted by Gasteiger charge is 2.31. The minimum Gasteiger partial charge on any atom is -0.406 e. The van der Waals surface area contributed by atoms with Crippen molar-refractivity contribution in [3.8, 4) is 28.5 Å². The van der Waals surface area contributed by atoms with Crippen LogP contribution in [0.15, 0.2) is 89.6 Å². The number of halogens is 4. The zero-order chi connectivity index (χ0) is 32.3. The summed E-state index contributed by atoms with van der Waals surface area (Å²) in [5.41, 5.74) is 5.43. The number of ether oxygens (including phenoxy) is 1. The zero-order valence-electron chi connectivity index (χ0n) is 24.6. The van der Waals surface area contributed by atoms with Crippen LogP contribution >= 0.6 is 11.3 Å². The highest BCUT2D eigenvalue weighted by atomic mass is 32.1. The van der Waals surface area contributed by atoms with E-state index in [4.69, 9.17) is 0 Å². The molecule has 3 aromatic carbocycles. The number of carbonyl (C=O) groups excluding carboxylic acids is 1. The summed E-state index contributed by atoms with van der Waals surface area (Å²) in [6, 6.07) is 16.7. The van der Waals surface area contributed by atoms with Crippen molar-refractivity contribution in [2.24, 2.45) is 4.99 Å². The predicted octanol–water partition coefficient (Wildman–Crippen LogP) is 8.00. The summed E-state index contributed by atoms with van der Waals surface area (Å²) < 4.78 is 59.4. The summed E-state index contributed by atoms with van der Waals surface area (Å²) >= 11 is 1.32. The smallest absolute Gasteiger partial charge is 0.406 e. The molecule has 1 N–H and O–H groups in total. The first kappa shape index (κ1) is 31.4. The number of thiazole rings is 1. The molecule has 2 amide bonds. The monoisotopic (exact) mass is 636 g/mol. The number of hydrogen-bond acceptors (Lipinski definition) is 5. The summed E-state index contributed by atoms with van der Waals surface area (Å²) in [5, 5.41) is 8.66. The SMILES string of the molecule is Cc1cccc(-n2c(C)csc2=NC(=O)N/C=C(\F)c2ccc(-c3ncn(-c4ccc(OC(F)(F)F)cc4)n3)cc2)c1C(C)C. The van der Waals surface area contributed by atoms with E-state index in [1.54, 1.807) is 12.1 Å². The summed E-state index contributed by atoms with van der Waals surface area (Å²) in [6.07, 6.45) is -2.42. The van der Waals surface area contributed by atoms with Crippen LogP contribution in [0.4, 0.5) is 22.4 Å². The fraction of sp³-hybridized carbons (Fsp3) is 0.188. The van der Waals surface area contributed by atoms with Gasteiger partial charge in [-0.2, -0.15) is 4.99 Å². The topological polar surface area (TPSA) is 86.3 Å². The normalized spacial score (nSPS) is 12.6. The van der Waals surface area contributed by atoms with E-state index in [0.29, 0.717) is 21.9 Å². The lowest BCUT2D eigenvalue weighted by molar-refractivity contribution is -0.274. The molecule has 0 unspecified atom stereocenters. The number of carbonyl (C=O) groups is 1. The standard InChI is InChI=1S/C32H28F4N6O2S/c1-19(2)28-20(3)6-5-7-27(28)42-21(4)17-45-31(42)39-30(43)37-16-26(33)22-8-10-23(11-9-22)29-38-18-41(40-29)24-12-14-25(15-13-24)44-32(34,35)36/h5-19H,1-4H3,(H,37,43)/b26-16-,39-31?. The molecule has 0 bridgehead atoms. The second-order valence-corrected chi connectivity index (χ2v) is 11.2. The highest BCUT2D eigenvalue weighted by Crippen LogP contribution is 2.28. The molecule has 0 saturated carbocycles. The van der Waals surface area contributed by atoms with Gasteiger partial charge in [-0.1, -0.05) is 50.2 Å². The molecule has 0 atom stereocenters. The van der Waals surface area contributed by atoms with Crippen LogP contribution in [0.1, 0.15) is 42.1 Å². The predicted molar refractivity (Wildman–Crippen MR) is 164 cm³/mol. The average Bonchev–Trinajstić information content (AvgIpc) is 3.62. The van der Waals surface area contributed by atoms with E-state index in [1.807, 2.05) is 29.0 Å². The molecule has 2 aromatic heterocycles. The Balaban J connectivity index is 1.28. The number of alkyl halides is 3. The number of aryl methyl sites for hydroxylation is 2. The first-order chi connectivity index (χ1) is 21.4. The molecule has 45 heavy (non-hydrogen) atoms. The lowest BCUT2D eigenvalue weighted by Crippen LogP contribution is -2.22. The van der Waals surface area contributed by atoms with E-state index >= 15 is 0 Å². The Labute approximate surface area is 260 Å². The third-order valence-corrected chi connectivity index (χ3v) is 7.71. The molecule has 2 heterocycles. The van der Waals surface area contributed by atoms with Crippen molar-refractivity contribution in [1.82, 2.24) is 24.6 Å². The molecule has 0 saturated heterocycles. The van der Waals surface area contributed by atoms with Gasteiger partial charge in [-0.15, -0.1) is 29.6 Å². The molecule has 0 radical (unpaired) electrons. The van der Waals surface area contributed by atoms with Gasteiger partial charge in [0.1, 0.15) is 17.9 Å². The number of amides is 2. The molecular formula is C32H28F4N6O2S. The van der Waals surface area contributed by atoms with Crippen molar-refractivity contribution < 1.29 is 27.1 Å². The lowest BCUT2D eigenvalue weighted by atomic mass is 9.96. The Morgan fingerprint density at radius 1 is 1.04 bits per heavy atom. The molecule has 13 heteroatoms. The van der Waals surface area contributed by atoms with Gasteiger partial charge in [0.25, 0.3) is 0 Å². The highest BCUT2D eigenvalue weighted by molar-refractivity contribution is 7.07. The van der Waals surface area contributed by atoms with Gasteiger partial charge in [-0.25, -0.2) is 18.9 Å². The second kappa shape index (κ2) is 12.9. The Bertz CT molecular complexity index is 1920. The molecule has 0 spiro atoms. The van der Waals surface area contributed by atoms with Crippen molar-refractivity contribution in [2.45, 2.75) is 40.0 Å². The number of nitrogens with one attached hydrogen (secondary N) is 1. The number of urea groups is 1. The molecule has 0 aliphatic rings. The van der Waals surface area contributed by atoms with Crippen LogP contribution in [0.25, 0.3) is 28.6 Å². The Morgan fingerprint density at radius 3 is 2.42 bits per heavy atom. The van der Waals surface area contributed by atoms with Gasteiger partial charge < -0.3 is 10.1 Å². The molecule has 232 valence electrons. The van der Waals surface area contributed by atoms with Gasteiger partial charge >= 0.3 is 12.4 Å². The summed E-state index contributed by atoms with van der Waals surface area (Å²) in [5.74, 6) is -0.454. The zero-order valence-corrected chi connectivity index (χ0v) is 25.4. The van der Waals surface area contributed by atoms with Gasteiger partial charge in [-0.05, 0) is 61.2 Å². The van der Waals surface area contributed by atoms with Crippen LogP contribution in [-0.4, -0.2) is 31.7 Å². The van der Waals surface area contributed by atoms with Crippen LogP contribution in [0.2, 0.25) is 0 Å². The van der Waals surface area contributed by atoms with Crippen LogP contribution in [0.3, 0.4) is 0 Å². The fourth-order valence-corrected chi connectivity index (χ4v) is 5.67. The number of benzene rings is 3. The summed E-state index contributed by atoms with van der Waals surface area (Å²) in [7, 11) is 0. The number of aromatic nitrogens is 4. The maximum absolute atomic E-state index is 15.0. The molecule has 0 aliphatic heterocycles. The molecule has 5 rings (SSSR count). The van der Waals surface area contributed by atoms with Gasteiger partial charge in [-0.3, -0.25) is 4.57 Å². The molecule has 8 nitrogen and oxygen atoms in total. The quantitative estimate of drug-likeness (QED) is 0.184. The number of rotatable bonds is 7. The van der Waals surface area contributed by atoms with Crippen molar-refractivity contribution in [1.29, 1.82) is 0 Å². The second-order valence-electron chi connectivity index (χ2n) is 10.3. The largest absolute Gasteiger partial charge is 0.573 e. The molecule has 5 aromatic rings. The van der Waals surface area contributed by atoms with Gasteiger partial charge in [0.05, 0.1) is 11.4 Å². The van der Waals surface area contributed by atoms with Crippen LogP contribution in [0, 0.1) is 13.8 Å². The maximum Gasteiger partial charge on any atom is 0.573 e. The Kier molecular flexibility index (Phi) is 9.00. The van der Waals surface area contributed by atoms with Crippen LogP contribution in [0.5, 0.6) is 5.75 Å². The summed E-state index contributed by atoms with van der Waals surface area (Å²) in [4.78, 5) is 21.6. The molecule has 0 aliphatic carbocycles. The minimum atomic E-state index is -4.78. The first-order valence-corrected chi connectivity index (χ1v) is 14.6. The first-order valence-electron chi connectivity index (χ1n) is 13.8.